The van der Waals surface area contributed by atoms with Gasteiger partial charge in [0.2, 0.25) is 11.8 Å². The molecule has 1 unspecified atom stereocenters. The van der Waals surface area contributed by atoms with Crippen LogP contribution in [0.1, 0.15) is 82.0 Å². The molecule has 62 heavy (non-hydrogen) atoms. The van der Waals surface area contributed by atoms with Crippen molar-refractivity contribution in [1.29, 1.82) is 0 Å². The summed E-state index contributed by atoms with van der Waals surface area (Å²) in [5.41, 5.74) is 10.2. The Morgan fingerprint density at radius 3 is 2.66 bits per heavy atom. The van der Waals surface area contributed by atoms with Crippen molar-refractivity contribution in [2.45, 2.75) is 97.0 Å². The highest BCUT2D eigenvalue weighted by atomic mass is 16.5. The molecule has 1 fully saturated rings. The van der Waals surface area contributed by atoms with Gasteiger partial charge in [-0.2, -0.15) is 0 Å². The van der Waals surface area contributed by atoms with E-state index in [4.69, 9.17) is 14.5 Å². The lowest BCUT2D eigenvalue weighted by Gasteiger charge is -2.42. The van der Waals surface area contributed by atoms with Crippen molar-refractivity contribution in [3.63, 3.8) is 0 Å². The summed E-state index contributed by atoms with van der Waals surface area (Å²) in [4.78, 5) is 69.7. The second kappa shape index (κ2) is 17.0. The highest BCUT2D eigenvalue weighted by Gasteiger charge is 2.47. The molecule has 1 saturated heterocycles. The van der Waals surface area contributed by atoms with Gasteiger partial charge in [0.1, 0.15) is 30.0 Å². The first-order chi connectivity index (χ1) is 29.7. The van der Waals surface area contributed by atoms with Crippen LogP contribution in [0, 0.1) is 11.3 Å². The van der Waals surface area contributed by atoms with Crippen LogP contribution in [0.3, 0.4) is 0 Å². The Morgan fingerprint density at radius 2 is 1.94 bits per heavy atom. The highest BCUT2D eigenvalue weighted by molar-refractivity contribution is 5.97. The minimum Gasteiger partial charge on any atom is -0.508 e. The molecule has 0 saturated carbocycles. The fourth-order valence-corrected chi connectivity index (χ4v) is 9.85. The van der Waals surface area contributed by atoms with Gasteiger partial charge in [0.05, 0.1) is 30.7 Å². The van der Waals surface area contributed by atoms with Crippen molar-refractivity contribution < 1.29 is 33.8 Å². The minimum atomic E-state index is -1.14. The summed E-state index contributed by atoms with van der Waals surface area (Å²) in [7, 11) is 3.27. The van der Waals surface area contributed by atoms with Gasteiger partial charge in [-0.1, -0.05) is 39.8 Å². The van der Waals surface area contributed by atoms with E-state index in [0.29, 0.717) is 30.6 Å². The number of aromatic nitrogens is 4. The Morgan fingerprint density at radius 1 is 1.13 bits per heavy atom. The number of carbonyl (C=O) groups excluding carboxylic acids is 4. The number of hydrogen-bond acceptors (Lipinski definition) is 10. The number of methoxy groups -OCH3 is 1. The quantitative estimate of drug-likeness (QED) is 0.147. The van der Waals surface area contributed by atoms with Gasteiger partial charge in [-0.15, -0.1) is 0 Å². The lowest BCUT2D eigenvalue weighted by molar-refractivity contribution is -0.156. The van der Waals surface area contributed by atoms with Gasteiger partial charge in [0.15, 0.2) is 0 Å². The zero-order valence-electron chi connectivity index (χ0n) is 36.4. The monoisotopic (exact) mass is 844 g/mol. The molecule has 326 valence electrons. The molecular formula is C47H56N8O7. The van der Waals surface area contributed by atoms with E-state index in [1.54, 1.807) is 38.7 Å². The number of nitrogens with one attached hydrogen (secondary N) is 3. The fraction of sp³-hybridized carbons (Fsp3) is 0.447. The number of ether oxygens (including phenoxy) is 2. The van der Waals surface area contributed by atoms with Gasteiger partial charge in [0, 0.05) is 79.6 Å². The number of fused-ring (bicyclic) bond motifs is 8. The molecule has 8 rings (SSSR count). The van der Waals surface area contributed by atoms with E-state index in [0.717, 1.165) is 44.5 Å². The predicted molar refractivity (Wildman–Crippen MR) is 232 cm³/mol. The molecule has 0 spiro atoms. The number of benzene rings is 2. The Balaban J connectivity index is 1.24. The Labute approximate surface area is 361 Å². The maximum atomic E-state index is 14.7. The zero-order valence-corrected chi connectivity index (χ0v) is 36.4. The number of hydrogen-bond donors (Lipinski definition) is 4. The maximum Gasteiger partial charge on any atom is 0.324 e. The molecule has 3 amide bonds. The summed E-state index contributed by atoms with van der Waals surface area (Å²) in [5, 5.41) is 16.7. The molecule has 15 nitrogen and oxygen atoms in total. The third-order valence-corrected chi connectivity index (χ3v) is 12.8. The number of amides is 3. The molecule has 15 heteroatoms. The standard InChI is InChI=1S/C47H56N8O7/c1-8-54-36-14-13-28-21-33(36)38-39(43(61-7)40-32(42(38)54)11-9-15-49-40)47(4,5)24-62-46(60)34-12-10-16-55(52-34)45(59)35(19-27-17-29(28)20-31(56)18-27)51-44(58)41(26(2)3)53(6)37(57)22-30-23-48-25-50-30/h9,11,13-15,17-18,20-21,23,25-26,34-35,39,41,43,52,56H,8,10,12,16,19,22,24H2,1-7H3,(H,48,50)(H,51,58)/t34-,35-,39?,41-,43-/m0/s1. The van der Waals surface area contributed by atoms with Crippen molar-refractivity contribution >= 4 is 34.6 Å². The number of phenols is 1. The summed E-state index contributed by atoms with van der Waals surface area (Å²) in [6.07, 6.45) is 5.35. The van der Waals surface area contributed by atoms with Gasteiger partial charge in [0.25, 0.3) is 5.91 Å². The number of aryl methyl sites for hydroxylation is 1. The van der Waals surface area contributed by atoms with E-state index in [1.807, 2.05) is 32.0 Å². The van der Waals surface area contributed by atoms with E-state index in [-0.39, 0.29) is 49.5 Å². The van der Waals surface area contributed by atoms with Gasteiger partial charge in [-0.25, -0.2) is 10.4 Å². The molecule has 3 aliphatic rings. The summed E-state index contributed by atoms with van der Waals surface area (Å²) in [6, 6.07) is 12.6. The lowest BCUT2D eigenvalue weighted by Crippen LogP contribution is -2.62. The average Bonchev–Trinajstić information content (AvgIpc) is 3.89. The minimum absolute atomic E-state index is 0.000701. The van der Waals surface area contributed by atoms with E-state index in [9.17, 15) is 24.3 Å². The van der Waals surface area contributed by atoms with Crippen molar-refractivity contribution in [1.82, 2.24) is 40.2 Å². The number of cyclic esters (lactones) is 1. The molecule has 2 aliphatic heterocycles. The second-order valence-corrected chi connectivity index (χ2v) is 17.8. The second-order valence-electron chi connectivity index (χ2n) is 17.8. The van der Waals surface area contributed by atoms with Crippen molar-refractivity contribution in [3.05, 3.63) is 89.8 Å². The van der Waals surface area contributed by atoms with Crippen LogP contribution in [0.4, 0.5) is 0 Å². The molecule has 4 N–H and O–H groups in total. The number of esters is 1. The van der Waals surface area contributed by atoms with Crippen LogP contribution in [0.25, 0.3) is 33.3 Å². The first kappa shape index (κ1) is 42.6. The summed E-state index contributed by atoms with van der Waals surface area (Å²) in [5.74, 6) is -2.36. The number of nitrogens with zero attached hydrogens (tertiary/aromatic N) is 5. The van der Waals surface area contributed by atoms with Crippen molar-refractivity contribution in [3.8, 4) is 28.1 Å². The van der Waals surface area contributed by atoms with E-state index < -0.39 is 47.4 Å². The number of imidazole rings is 1. The topological polar surface area (TPSA) is 184 Å². The average molecular weight is 845 g/mol. The number of carbonyl (C=O) groups is 4. The first-order valence-corrected chi connectivity index (χ1v) is 21.5. The fourth-order valence-electron chi connectivity index (χ4n) is 9.85. The number of hydrazine groups is 1. The molecular weight excluding hydrogens is 789 g/mol. The number of aromatic amines is 1. The Hall–Kier alpha value is -6.06. The van der Waals surface area contributed by atoms with Crippen LogP contribution in [-0.4, -0.2) is 104 Å². The number of aromatic hydroxyl groups is 1. The number of phenolic OH excluding ortho intramolecular Hbond substituents is 1. The Kier molecular flexibility index (Phi) is 11.7. The van der Waals surface area contributed by atoms with Crippen LogP contribution in [0.15, 0.2) is 67.3 Å². The molecule has 0 radical (unpaired) electrons. The van der Waals surface area contributed by atoms with Gasteiger partial charge in [-0.05, 0) is 84.3 Å². The van der Waals surface area contributed by atoms with Crippen LogP contribution in [-0.2, 0) is 48.0 Å². The summed E-state index contributed by atoms with van der Waals surface area (Å²) < 4.78 is 14.8. The Bertz CT molecular complexity index is 2510. The molecule has 5 aromatic rings. The van der Waals surface area contributed by atoms with Crippen molar-refractivity contribution in [2.24, 2.45) is 11.3 Å². The summed E-state index contributed by atoms with van der Waals surface area (Å²) >= 11 is 0. The molecule has 6 bridgehead atoms. The van der Waals surface area contributed by atoms with Crippen molar-refractivity contribution in [2.75, 3.05) is 27.3 Å². The van der Waals surface area contributed by atoms with Gasteiger partial charge < -0.3 is 34.3 Å². The number of pyridine rings is 1. The van der Waals surface area contributed by atoms with Gasteiger partial charge in [-0.3, -0.25) is 29.2 Å². The first-order valence-electron chi connectivity index (χ1n) is 21.5. The highest BCUT2D eigenvalue weighted by Crippen LogP contribution is 2.57. The molecule has 2 aromatic carbocycles. The van der Waals surface area contributed by atoms with E-state index in [1.165, 1.54) is 16.2 Å². The van der Waals surface area contributed by atoms with Crippen LogP contribution in [0.5, 0.6) is 5.75 Å². The largest absolute Gasteiger partial charge is 0.508 e. The third-order valence-electron chi connectivity index (χ3n) is 12.8. The van der Waals surface area contributed by atoms with E-state index >= 15 is 0 Å². The molecule has 5 heterocycles. The molecule has 1 aliphatic carbocycles. The van der Waals surface area contributed by atoms with Crippen LogP contribution in [0.2, 0.25) is 0 Å². The summed E-state index contributed by atoms with van der Waals surface area (Å²) in [6.45, 7) is 11.0. The zero-order chi connectivity index (χ0) is 44.0. The third kappa shape index (κ3) is 7.83. The van der Waals surface area contributed by atoms with Gasteiger partial charge >= 0.3 is 5.97 Å². The molecule has 5 atom stereocenters. The number of H-pyrrole nitrogens is 1. The van der Waals surface area contributed by atoms with E-state index in [2.05, 4.69) is 64.2 Å². The number of rotatable bonds is 8. The molecule has 3 aromatic heterocycles. The predicted octanol–water partition coefficient (Wildman–Crippen LogP) is 5.44. The van der Waals surface area contributed by atoms with Crippen LogP contribution >= 0.6 is 0 Å². The lowest BCUT2D eigenvalue weighted by atomic mass is 9.67. The smallest absolute Gasteiger partial charge is 0.324 e. The number of likely N-dealkylation sites (N-methyl/N-ethyl adjacent to an activating group) is 1. The SMILES string of the molecule is CCn1c2c3c4cc(ccc41)-c1cc(O)cc(c1)C[C@H](NC(=O)[C@H](C(C)C)N(C)C(=O)Cc1cnc[nH]1)C(=O)N1CCC[C@H](N1)C(=O)OCC(C)(C)C3[C@H](OC)c1ncccc1-2. The van der Waals surface area contributed by atoms with Crippen LogP contribution < -0.4 is 10.7 Å². The normalized spacial score (nSPS) is 21.5. The maximum absolute atomic E-state index is 14.7.